The third kappa shape index (κ3) is 3.67. The molecule has 0 bridgehead atoms. The molecule has 0 fully saturated rings. The summed E-state index contributed by atoms with van der Waals surface area (Å²) in [4.78, 5) is 45.5. The van der Waals surface area contributed by atoms with Gasteiger partial charge in [-0.3, -0.25) is 24.3 Å². The van der Waals surface area contributed by atoms with Crippen molar-refractivity contribution in [3.8, 4) is 5.75 Å². The van der Waals surface area contributed by atoms with Crippen LogP contribution in [0.15, 0.2) is 85.1 Å². The second kappa shape index (κ2) is 8.78. The van der Waals surface area contributed by atoms with Crippen LogP contribution in [-0.4, -0.2) is 40.8 Å². The van der Waals surface area contributed by atoms with Gasteiger partial charge in [0, 0.05) is 18.0 Å². The molecule has 3 amide bonds. The van der Waals surface area contributed by atoms with E-state index in [0.717, 1.165) is 15.8 Å². The Balaban J connectivity index is 1.53. The Hall–Kier alpha value is -4.52. The molecule has 7 heteroatoms. The van der Waals surface area contributed by atoms with E-state index >= 15 is 0 Å². The fourth-order valence-electron chi connectivity index (χ4n) is 4.27. The van der Waals surface area contributed by atoms with Crippen LogP contribution in [0.4, 0.5) is 5.69 Å². The van der Waals surface area contributed by atoms with Gasteiger partial charge in [-0.2, -0.15) is 0 Å². The largest absolute Gasteiger partial charge is 0.496 e. The van der Waals surface area contributed by atoms with Crippen LogP contribution in [0.1, 0.15) is 26.3 Å². The van der Waals surface area contributed by atoms with Gasteiger partial charge in [-0.05, 0) is 42.0 Å². The Kier molecular flexibility index (Phi) is 5.51. The topological polar surface area (TPSA) is 88.6 Å². The maximum atomic E-state index is 13.6. The molecule has 34 heavy (non-hydrogen) atoms. The Morgan fingerprint density at radius 2 is 1.59 bits per heavy atom. The van der Waals surface area contributed by atoms with E-state index in [0.29, 0.717) is 28.1 Å². The molecular weight excluding hydrogens is 430 g/mol. The molecule has 4 aromatic rings. The molecule has 0 aliphatic carbocycles. The van der Waals surface area contributed by atoms with Crippen molar-refractivity contribution in [1.82, 2.24) is 9.88 Å². The van der Waals surface area contributed by atoms with E-state index in [1.165, 1.54) is 0 Å². The molecule has 5 rings (SSSR count). The van der Waals surface area contributed by atoms with Crippen molar-refractivity contribution in [2.45, 2.75) is 12.5 Å². The van der Waals surface area contributed by atoms with Crippen LogP contribution in [0.5, 0.6) is 5.75 Å². The Morgan fingerprint density at radius 1 is 0.912 bits per heavy atom. The average molecular weight is 451 g/mol. The van der Waals surface area contributed by atoms with Crippen molar-refractivity contribution in [3.05, 3.63) is 102 Å². The van der Waals surface area contributed by atoms with E-state index in [1.807, 2.05) is 36.4 Å². The van der Waals surface area contributed by atoms with Gasteiger partial charge in [-0.25, -0.2) is 0 Å². The molecule has 0 saturated heterocycles. The number of hydrogen-bond acceptors (Lipinski definition) is 5. The molecule has 0 unspecified atom stereocenters. The summed E-state index contributed by atoms with van der Waals surface area (Å²) in [5.41, 5.74) is 2.45. The molecule has 0 radical (unpaired) electrons. The normalized spacial score (nSPS) is 13.6. The summed E-state index contributed by atoms with van der Waals surface area (Å²) in [5.74, 6) is -0.804. The summed E-state index contributed by atoms with van der Waals surface area (Å²) >= 11 is 0. The highest BCUT2D eigenvalue weighted by Gasteiger charge is 2.42. The van der Waals surface area contributed by atoms with Crippen molar-refractivity contribution < 1.29 is 19.1 Å². The zero-order chi connectivity index (χ0) is 23.7. The van der Waals surface area contributed by atoms with Crippen LogP contribution in [0.3, 0.4) is 0 Å². The number of carbonyl (C=O) groups is 3. The van der Waals surface area contributed by atoms with Gasteiger partial charge >= 0.3 is 0 Å². The molecule has 168 valence electrons. The lowest BCUT2D eigenvalue weighted by Crippen LogP contribution is -2.48. The number of pyridine rings is 1. The van der Waals surface area contributed by atoms with E-state index in [2.05, 4.69) is 10.3 Å². The van der Waals surface area contributed by atoms with E-state index in [4.69, 9.17) is 4.74 Å². The Labute approximate surface area is 196 Å². The molecular formula is C27H21N3O4. The standard InChI is InChI=1S/C27H21N3O4/c1-34-23-14-13-21(24-20(23)12-7-15-28-24)29-25(31)22(16-17-8-3-2-4-9-17)30-26(32)18-10-5-6-11-19(18)27(30)33/h2-15,22H,16H2,1H3,(H,29,31)/t22-/m0/s1. The van der Waals surface area contributed by atoms with Crippen molar-refractivity contribution in [3.63, 3.8) is 0 Å². The predicted octanol–water partition coefficient (Wildman–Crippen LogP) is 4.09. The molecule has 1 atom stereocenters. The molecule has 7 nitrogen and oxygen atoms in total. The van der Waals surface area contributed by atoms with Gasteiger partial charge in [0.1, 0.15) is 11.8 Å². The minimum absolute atomic E-state index is 0.180. The van der Waals surface area contributed by atoms with Crippen molar-refractivity contribution in [1.29, 1.82) is 0 Å². The zero-order valence-corrected chi connectivity index (χ0v) is 18.4. The molecule has 1 aromatic heterocycles. The van der Waals surface area contributed by atoms with Gasteiger partial charge in [-0.15, -0.1) is 0 Å². The number of imide groups is 1. The van der Waals surface area contributed by atoms with Crippen LogP contribution in [-0.2, 0) is 11.2 Å². The van der Waals surface area contributed by atoms with E-state index in [1.54, 1.807) is 55.8 Å². The van der Waals surface area contributed by atoms with Gasteiger partial charge < -0.3 is 10.1 Å². The van der Waals surface area contributed by atoms with E-state index in [-0.39, 0.29) is 6.42 Å². The first-order chi connectivity index (χ1) is 16.6. The number of rotatable bonds is 6. The maximum absolute atomic E-state index is 13.6. The molecule has 3 aromatic carbocycles. The summed E-state index contributed by atoms with van der Waals surface area (Å²) in [7, 11) is 1.57. The van der Waals surface area contributed by atoms with Crippen molar-refractivity contribution in [2.75, 3.05) is 12.4 Å². The number of ether oxygens (including phenoxy) is 1. The van der Waals surface area contributed by atoms with Crippen LogP contribution in [0.2, 0.25) is 0 Å². The number of amides is 3. The van der Waals surface area contributed by atoms with E-state index < -0.39 is 23.8 Å². The van der Waals surface area contributed by atoms with Crippen molar-refractivity contribution in [2.24, 2.45) is 0 Å². The monoisotopic (exact) mass is 451 g/mol. The third-order valence-corrected chi connectivity index (χ3v) is 5.92. The van der Waals surface area contributed by atoms with Crippen LogP contribution < -0.4 is 10.1 Å². The second-order valence-corrected chi connectivity index (χ2v) is 7.94. The van der Waals surface area contributed by atoms with Gasteiger partial charge in [0.15, 0.2) is 0 Å². The number of carbonyl (C=O) groups excluding carboxylic acids is 3. The highest BCUT2D eigenvalue weighted by Crippen LogP contribution is 2.31. The highest BCUT2D eigenvalue weighted by atomic mass is 16.5. The summed E-state index contributed by atoms with van der Waals surface area (Å²) in [5, 5.41) is 3.64. The van der Waals surface area contributed by atoms with Gasteiger partial charge in [0.2, 0.25) is 5.91 Å². The van der Waals surface area contributed by atoms with Crippen LogP contribution >= 0.6 is 0 Å². The maximum Gasteiger partial charge on any atom is 0.262 e. The number of hydrogen-bond donors (Lipinski definition) is 1. The lowest BCUT2D eigenvalue weighted by atomic mass is 10.0. The Bertz CT molecular complexity index is 1380. The smallest absolute Gasteiger partial charge is 0.262 e. The number of anilines is 1. The van der Waals surface area contributed by atoms with Gasteiger partial charge in [0.25, 0.3) is 11.8 Å². The first kappa shape index (κ1) is 21.3. The molecule has 1 aliphatic rings. The van der Waals surface area contributed by atoms with Crippen LogP contribution in [0.25, 0.3) is 10.9 Å². The predicted molar refractivity (Wildman–Crippen MR) is 128 cm³/mol. The lowest BCUT2D eigenvalue weighted by molar-refractivity contribution is -0.119. The number of benzene rings is 3. The second-order valence-electron chi connectivity index (χ2n) is 7.94. The SMILES string of the molecule is COc1ccc(NC(=O)[C@H](Cc2ccccc2)N2C(=O)c3ccccc3C2=O)c2ncccc12. The van der Waals surface area contributed by atoms with Crippen molar-refractivity contribution >= 4 is 34.3 Å². The zero-order valence-electron chi connectivity index (χ0n) is 18.4. The lowest BCUT2D eigenvalue weighted by Gasteiger charge is -2.26. The van der Waals surface area contributed by atoms with Gasteiger partial charge in [0.05, 0.1) is 29.4 Å². The molecule has 1 N–H and O–H groups in total. The third-order valence-electron chi connectivity index (χ3n) is 5.92. The van der Waals surface area contributed by atoms with Gasteiger partial charge in [-0.1, -0.05) is 42.5 Å². The first-order valence-electron chi connectivity index (χ1n) is 10.8. The molecule has 1 aliphatic heterocycles. The molecule has 0 saturated carbocycles. The molecule has 2 heterocycles. The fourth-order valence-corrected chi connectivity index (χ4v) is 4.27. The number of nitrogens with one attached hydrogen (secondary N) is 1. The van der Waals surface area contributed by atoms with Crippen LogP contribution in [0, 0.1) is 0 Å². The minimum Gasteiger partial charge on any atom is -0.496 e. The number of fused-ring (bicyclic) bond motifs is 2. The summed E-state index contributed by atoms with van der Waals surface area (Å²) in [6, 6.07) is 22.0. The highest BCUT2D eigenvalue weighted by molar-refractivity contribution is 6.23. The number of aromatic nitrogens is 1. The average Bonchev–Trinajstić information content (AvgIpc) is 3.13. The quantitative estimate of drug-likeness (QED) is 0.446. The first-order valence-corrected chi connectivity index (χ1v) is 10.8. The number of nitrogens with zero attached hydrogens (tertiary/aromatic N) is 2. The minimum atomic E-state index is -1.05. The summed E-state index contributed by atoms with van der Waals surface area (Å²) in [6.45, 7) is 0. The number of methoxy groups -OCH3 is 1. The summed E-state index contributed by atoms with van der Waals surface area (Å²) < 4.78 is 5.41. The fraction of sp³-hybridized carbons (Fsp3) is 0.111. The Morgan fingerprint density at radius 3 is 2.26 bits per heavy atom. The molecule has 0 spiro atoms. The summed E-state index contributed by atoms with van der Waals surface area (Å²) in [6.07, 6.45) is 1.81. The van der Waals surface area contributed by atoms with E-state index in [9.17, 15) is 14.4 Å².